The number of nitrogens with one attached hydrogen (secondary N) is 1. The molecule has 0 aliphatic rings. The molecule has 0 spiro atoms. The van der Waals surface area contributed by atoms with Gasteiger partial charge in [0.15, 0.2) is 0 Å². The zero-order valence-electron chi connectivity index (χ0n) is 13.0. The van der Waals surface area contributed by atoms with Gasteiger partial charge < -0.3 is 5.32 Å². The molecule has 0 bridgehead atoms. The summed E-state index contributed by atoms with van der Waals surface area (Å²) in [6, 6.07) is 8.51. The van der Waals surface area contributed by atoms with Crippen molar-refractivity contribution >= 4 is 0 Å². The van der Waals surface area contributed by atoms with Crippen molar-refractivity contribution in [1.82, 2.24) is 20.3 Å². The predicted molar refractivity (Wildman–Crippen MR) is 82.0 cm³/mol. The van der Waals surface area contributed by atoms with Crippen LogP contribution >= 0.6 is 0 Å². The summed E-state index contributed by atoms with van der Waals surface area (Å²) in [7, 11) is 0. The van der Waals surface area contributed by atoms with Gasteiger partial charge in [0.2, 0.25) is 0 Å². The zero-order valence-corrected chi connectivity index (χ0v) is 13.0. The summed E-state index contributed by atoms with van der Waals surface area (Å²) < 4.78 is 1.89. The van der Waals surface area contributed by atoms with E-state index in [0.29, 0.717) is 5.92 Å². The molecule has 2 aromatic rings. The van der Waals surface area contributed by atoms with Crippen LogP contribution in [0.2, 0.25) is 0 Å². The Balaban J connectivity index is 2.19. The number of nitrogens with zero attached hydrogens (tertiary/aromatic N) is 3. The van der Waals surface area contributed by atoms with Gasteiger partial charge in [0.1, 0.15) is 0 Å². The fourth-order valence-corrected chi connectivity index (χ4v) is 1.95. The van der Waals surface area contributed by atoms with Crippen molar-refractivity contribution in [3.8, 4) is 5.69 Å². The first-order valence-corrected chi connectivity index (χ1v) is 7.12. The number of aromatic nitrogens is 3. The maximum atomic E-state index is 4.19. The van der Waals surface area contributed by atoms with Crippen molar-refractivity contribution in [2.24, 2.45) is 0 Å². The highest BCUT2D eigenvalue weighted by atomic mass is 15.4. The van der Waals surface area contributed by atoms with E-state index in [4.69, 9.17) is 0 Å². The lowest BCUT2D eigenvalue weighted by Crippen LogP contribution is -2.35. The number of rotatable bonds is 4. The van der Waals surface area contributed by atoms with Gasteiger partial charge in [0.05, 0.1) is 17.6 Å². The molecule has 0 amide bonds. The van der Waals surface area contributed by atoms with Crippen LogP contribution in [0.4, 0.5) is 0 Å². The van der Waals surface area contributed by atoms with Crippen molar-refractivity contribution < 1.29 is 0 Å². The van der Waals surface area contributed by atoms with E-state index in [-0.39, 0.29) is 5.54 Å². The molecule has 0 aliphatic heterocycles. The highest BCUT2D eigenvalue weighted by Gasteiger charge is 2.12. The summed E-state index contributed by atoms with van der Waals surface area (Å²) >= 11 is 0. The van der Waals surface area contributed by atoms with Crippen LogP contribution in [0.15, 0.2) is 30.5 Å². The van der Waals surface area contributed by atoms with Gasteiger partial charge in [0, 0.05) is 12.1 Å². The van der Waals surface area contributed by atoms with Crippen molar-refractivity contribution in [1.29, 1.82) is 0 Å². The zero-order chi connectivity index (χ0) is 14.8. The summed E-state index contributed by atoms with van der Waals surface area (Å²) in [6.07, 6.45) is 1.81. The van der Waals surface area contributed by atoms with Gasteiger partial charge in [-0.25, -0.2) is 4.68 Å². The van der Waals surface area contributed by atoms with Crippen LogP contribution in [-0.4, -0.2) is 20.5 Å². The molecule has 0 aliphatic carbocycles. The highest BCUT2D eigenvalue weighted by molar-refractivity contribution is 5.35. The molecule has 4 nitrogen and oxygen atoms in total. The average molecular weight is 272 g/mol. The lowest BCUT2D eigenvalue weighted by molar-refractivity contribution is 0.418. The molecule has 0 saturated heterocycles. The first-order chi connectivity index (χ1) is 9.37. The lowest BCUT2D eigenvalue weighted by atomic mass is 10.0. The van der Waals surface area contributed by atoms with Crippen LogP contribution in [0.1, 0.15) is 51.8 Å². The summed E-state index contributed by atoms with van der Waals surface area (Å²) in [6.45, 7) is 11.6. The molecular weight excluding hydrogens is 248 g/mol. The van der Waals surface area contributed by atoms with Gasteiger partial charge in [-0.2, -0.15) is 0 Å². The minimum atomic E-state index is 0.0800. The van der Waals surface area contributed by atoms with Gasteiger partial charge >= 0.3 is 0 Å². The molecular formula is C16H24N4. The summed E-state index contributed by atoms with van der Waals surface area (Å²) in [5.41, 5.74) is 3.54. The van der Waals surface area contributed by atoms with Crippen LogP contribution in [-0.2, 0) is 6.54 Å². The van der Waals surface area contributed by atoms with Gasteiger partial charge in [-0.1, -0.05) is 31.2 Å². The Morgan fingerprint density at radius 1 is 1.15 bits per heavy atom. The van der Waals surface area contributed by atoms with Crippen molar-refractivity contribution in [3.05, 3.63) is 41.7 Å². The summed E-state index contributed by atoms with van der Waals surface area (Å²) in [4.78, 5) is 0. The van der Waals surface area contributed by atoms with Crippen LogP contribution in [0, 0.1) is 0 Å². The molecule has 1 aromatic carbocycles. The molecule has 0 unspecified atom stereocenters. The molecule has 1 aromatic heterocycles. The Kier molecular flexibility index (Phi) is 4.23. The molecule has 20 heavy (non-hydrogen) atoms. The molecule has 0 fully saturated rings. The Labute approximate surface area is 121 Å². The van der Waals surface area contributed by atoms with E-state index < -0.39 is 0 Å². The van der Waals surface area contributed by atoms with E-state index in [1.807, 2.05) is 10.9 Å². The number of benzene rings is 1. The standard InChI is InChI=1S/C16H24N4/c1-12(2)13-6-8-14(9-7-13)20-15(11-18-19-20)10-17-16(3,4)5/h6-9,11-12,17H,10H2,1-5H3. The highest BCUT2D eigenvalue weighted by Crippen LogP contribution is 2.17. The van der Waals surface area contributed by atoms with E-state index in [0.717, 1.165) is 17.9 Å². The average Bonchev–Trinajstić information content (AvgIpc) is 2.84. The van der Waals surface area contributed by atoms with Gasteiger partial charge in [-0.3, -0.25) is 0 Å². The molecule has 2 rings (SSSR count). The molecule has 0 atom stereocenters. The monoisotopic (exact) mass is 272 g/mol. The Morgan fingerprint density at radius 3 is 2.35 bits per heavy atom. The van der Waals surface area contributed by atoms with Crippen molar-refractivity contribution in [2.75, 3.05) is 0 Å². The van der Waals surface area contributed by atoms with E-state index >= 15 is 0 Å². The Morgan fingerprint density at radius 2 is 1.80 bits per heavy atom. The summed E-state index contributed by atoms with van der Waals surface area (Å²) in [5, 5.41) is 11.7. The molecule has 1 heterocycles. The van der Waals surface area contributed by atoms with E-state index in [1.54, 1.807) is 0 Å². The van der Waals surface area contributed by atoms with Gasteiger partial charge in [-0.15, -0.1) is 5.10 Å². The molecule has 1 N–H and O–H groups in total. The first kappa shape index (κ1) is 14.7. The second kappa shape index (κ2) is 5.75. The second-order valence-corrected chi connectivity index (χ2v) is 6.49. The topological polar surface area (TPSA) is 42.7 Å². The van der Waals surface area contributed by atoms with Gasteiger partial charge in [-0.05, 0) is 44.4 Å². The number of hydrogen-bond acceptors (Lipinski definition) is 3. The second-order valence-electron chi connectivity index (χ2n) is 6.49. The van der Waals surface area contributed by atoms with Crippen LogP contribution < -0.4 is 5.32 Å². The van der Waals surface area contributed by atoms with Crippen molar-refractivity contribution in [3.63, 3.8) is 0 Å². The maximum absolute atomic E-state index is 4.19. The minimum Gasteiger partial charge on any atom is -0.306 e. The van der Waals surface area contributed by atoms with Crippen LogP contribution in [0.3, 0.4) is 0 Å². The SMILES string of the molecule is CC(C)c1ccc(-n2nncc2CNC(C)(C)C)cc1. The van der Waals surface area contributed by atoms with E-state index in [9.17, 15) is 0 Å². The third-order valence-corrected chi connectivity index (χ3v) is 3.22. The summed E-state index contributed by atoms with van der Waals surface area (Å²) in [5.74, 6) is 0.543. The van der Waals surface area contributed by atoms with Gasteiger partial charge in [0.25, 0.3) is 0 Å². The minimum absolute atomic E-state index is 0.0800. The van der Waals surface area contributed by atoms with E-state index in [1.165, 1.54) is 5.56 Å². The fourth-order valence-electron chi connectivity index (χ4n) is 1.95. The lowest BCUT2D eigenvalue weighted by Gasteiger charge is -2.20. The Hall–Kier alpha value is -1.68. The van der Waals surface area contributed by atoms with Crippen LogP contribution in [0.5, 0.6) is 0 Å². The third kappa shape index (κ3) is 3.67. The van der Waals surface area contributed by atoms with Crippen molar-refractivity contribution in [2.45, 2.75) is 52.6 Å². The quantitative estimate of drug-likeness (QED) is 0.928. The van der Waals surface area contributed by atoms with Crippen LogP contribution in [0.25, 0.3) is 5.69 Å². The molecule has 0 saturated carbocycles. The first-order valence-electron chi connectivity index (χ1n) is 7.12. The normalized spacial score (nSPS) is 12.1. The molecule has 4 heteroatoms. The number of hydrogen-bond donors (Lipinski definition) is 1. The largest absolute Gasteiger partial charge is 0.306 e. The predicted octanol–water partition coefficient (Wildman–Crippen LogP) is 3.28. The molecule has 108 valence electrons. The maximum Gasteiger partial charge on any atom is 0.0783 e. The van der Waals surface area contributed by atoms with E-state index in [2.05, 4.69) is 74.5 Å². The Bertz CT molecular complexity index is 547. The molecule has 0 radical (unpaired) electrons. The smallest absolute Gasteiger partial charge is 0.0783 e. The third-order valence-electron chi connectivity index (χ3n) is 3.22. The fraction of sp³-hybridized carbons (Fsp3) is 0.500.